The zero-order valence-electron chi connectivity index (χ0n) is 9.27. The third kappa shape index (κ3) is 4.11. The minimum atomic E-state index is -0.787. The van der Waals surface area contributed by atoms with Crippen LogP contribution in [-0.2, 0) is 9.53 Å². The number of hydrogen-bond donors (Lipinski definition) is 2. The average molecular weight is 312 g/mol. The van der Waals surface area contributed by atoms with Crippen LogP contribution in [0.5, 0.6) is 5.75 Å². The van der Waals surface area contributed by atoms with Gasteiger partial charge in [0, 0.05) is 4.47 Å². The summed E-state index contributed by atoms with van der Waals surface area (Å²) >= 11 is 3.16. The Labute approximate surface area is 112 Å². The molecule has 2 N–H and O–H groups in total. The highest BCUT2D eigenvalue weighted by Gasteiger charge is 2.14. The molecule has 1 amide bonds. The SMILES string of the molecule is C#CCNC(=O)COC(=O)c1cc(Br)ccc1O. The highest BCUT2D eigenvalue weighted by atomic mass is 79.9. The monoisotopic (exact) mass is 311 g/mol. The summed E-state index contributed by atoms with van der Waals surface area (Å²) in [6.45, 7) is -0.384. The molecule has 0 saturated heterocycles. The van der Waals surface area contributed by atoms with Gasteiger partial charge in [-0.1, -0.05) is 21.9 Å². The quantitative estimate of drug-likeness (QED) is 0.644. The number of ether oxygens (including phenoxy) is 1. The van der Waals surface area contributed by atoms with Crippen molar-refractivity contribution in [2.75, 3.05) is 13.2 Å². The van der Waals surface area contributed by atoms with E-state index in [1.807, 2.05) is 0 Å². The number of rotatable bonds is 4. The lowest BCUT2D eigenvalue weighted by molar-refractivity contribution is -0.123. The average Bonchev–Trinajstić information content (AvgIpc) is 2.36. The van der Waals surface area contributed by atoms with Crippen molar-refractivity contribution in [3.8, 4) is 18.1 Å². The van der Waals surface area contributed by atoms with Crippen molar-refractivity contribution >= 4 is 27.8 Å². The maximum atomic E-state index is 11.6. The number of carbonyl (C=O) groups is 2. The number of phenols is 1. The Kier molecular flexibility index (Phi) is 5.21. The van der Waals surface area contributed by atoms with E-state index in [2.05, 4.69) is 27.2 Å². The van der Waals surface area contributed by atoms with Gasteiger partial charge in [-0.2, -0.15) is 0 Å². The van der Waals surface area contributed by atoms with E-state index in [4.69, 9.17) is 11.2 Å². The van der Waals surface area contributed by atoms with Gasteiger partial charge in [-0.05, 0) is 18.2 Å². The van der Waals surface area contributed by atoms with Gasteiger partial charge in [0.15, 0.2) is 6.61 Å². The maximum Gasteiger partial charge on any atom is 0.342 e. The molecule has 0 aliphatic rings. The molecule has 0 unspecified atom stereocenters. The van der Waals surface area contributed by atoms with Crippen LogP contribution in [-0.4, -0.2) is 30.1 Å². The Hall–Kier alpha value is -2.00. The van der Waals surface area contributed by atoms with Crippen LogP contribution in [0.1, 0.15) is 10.4 Å². The van der Waals surface area contributed by atoms with Gasteiger partial charge in [0.1, 0.15) is 11.3 Å². The minimum absolute atomic E-state index is 0.0193. The normalized spacial score (nSPS) is 9.33. The van der Waals surface area contributed by atoms with Crippen LogP contribution in [0.4, 0.5) is 0 Å². The number of carbonyl (C=O) groups excluding carboxylic acids is 2. The summed E-state index contributed by atoms with van der Waals surface area (Å²) in [4.78, 5) is 22.7. The zero-order valence-corrected chi connectivity index (χ0v) is 10.9. The molecule has 0 atom stereocenters. The van der Waals surface area contributed by atoms with Gasteiger partial charge in [-0.25, -0.2) is 4.79 Å². The molecular formula is C12H10BrNO4. The number of nitrogens with one attached hydrogen (secondary N) is 1. The van der Waals surface area contributed by atoms with Crippen molar-refractivity contribution in [3.63, 3.8) is 0 Å². The molecule has 0 heterocycles. The molecule has 5 nitrogen and oxygen atoms in total. The first-order valence-corrected chi connectivity index (χ1v) is 5.69. The Bertz CT molecular complexity index is 507. The topological polar surface area (TPSA) is 75.6 Å². The van der Waals surface area contributed by atoms with E-state index in [1.165, 1.54) is 12.1 Å². The Morgan fingerprint density at radius 1 is 1.50 bits per heavy atom. The predicted octanol–water partition coefficient (Wildman–Crippen LogP) is 1.06. The lowest BCUT2D eigenvalue weighted by atomic mass is 10.2. The first-order valence-electron chi connectivity index (χ1n) is 4.90. The molecule has 0 saturated carbocycles. The van der Waals surface area contributed by atoms with Gasteiger partial charge in [0.05, 0.1) is 6.54 Å². The maximum absolute atomic E-state index is 11.6. The molecule has 0 bridgehead atoms. The fourth-order valence-electron chi connectivity index (χ4n) is 1.08. The predicted molar refractivity (Wildman–Crippen MR) is 67.9 cm³/mol. The fourth-order valence-corrected chi connectivity index (χ4v) is 1.44. The molecular weight excluding hydrogens is 302 g/mol. The van der Waals surface area contributed by atoms with Gasteiger partial charge < -0.3 is 15.2 Å². The summed E-state index contributed by atoms with van der Waals surface area (Å²) in [6, 6.07) is 4.32. The van der Waals surface area contributed by atoms with Crippen molar-refractivity contribution in [3.05, 3.63) is 28.2 Å². The summed E-state index contributed by atoms with van der Waals surface area (Å²) in [5.74, 6) is 0.709. The van der Waals surface area contributed by atoms with Crippen molar-refractivity contribution in [1.29, 1.82) is 0 Å². The molecule has 18 heavy (non-hydrogen) atoms. The van der Waals surface area contributed by atoms with Crippen LogP contribution in [0.3, 0.4) is 0 Å². The van der Waals surface area contributed by atoms with E-state index in [0.717, 1.165) is 0 Å². The second-order valence-corrected chi connectivity index (χ2v) is 4.13. The first-order chi connectivity index (χ1) is 8.54. The van der Waals surface area contributed by atoms with E-state index in [1.54, 1.807) is 6.07 Å². The smallest absolute Gasteiger partial charge is 0.342 e. The summed E-state index contributed by atoms with van der Waals surface area (Å²) in [6.07, 6.45) is 4.95. The second kappa shape index (κ2) is 6.67. The van der Waals surface area contributed by atoms with Crippen molar-refractivity contribution in [2.45, 2.75) is 0 Å². The molecule has 1 aromatic rings. The first kappa shape index (κ1) is 14.1. The van der Waals surface area contributed by atoms with Gasteiger partial charge in [-0.15, -0.1) is 6.42 Å². The van der Waals surface area contributed by atoms with E-state index in [-0.39, 0.29) is 17.9 Å². The van der Waals surface area contributed by atoms with Gasteiger partial charge in [0.2, 0.25) is 0 Å². The number of aromatic hydroxyl groups is 1. The number of amides is 1. The van der Waals surface area contributed by atoms with Crippen LogP contribution in [0.15, 0.2) is 22.7 Å². The highest BCUT2D eigenvalue weighted by molar-refractivity contribution is 9.10. The number of phenolic OH excluding ortho intramolecular Hbond substituents is 1. The Morgan fingerprint density at radius 3 is 2.89 bits per heavy atom. The standard InChI is InChI=1S/C12H10BrNO4/c1-2-5-14-11(16)7-18-12(17)9-6-8(13)3-4-10(9)15/h1,3-4,6,15H,5,7H2,(H,14,16). The van der Waals surface area contributed by atoms with Crippen LogP contribution >= 0.6 is 15.9 Å². The molecule has 6 heteroatoms. The van der Waals surface area contributed by atoms with Crippen molar-refractivity contribution < 1.29 is 19.4 Å². The van der Waals surface area contributed by atoms with Crippen LogP contribution < -0.4 is 5.32 Å². The van der Waals surface area contributed by atoms with E-state index >= 15 is 0 Å². The largest absolute Gasteiger partial charge is 0.507 e. The number of halogens is 1. The molecule has 1 rings (SSSR count). The van der Waals surface area contributed by atoms with Crippen molar-refractivity contribution in [2.24, 2.45) is 0 Å². The summed E-state index contributed by atoms with van der Waals surface area (Å²) in [5.41, 5.74) is -0.0193. The lowest BCUT2D eigenvalue weighted by Gasteiger charge is -2.06. The minimum Gasteiger partial charge on any atom is -0.507 e. The van der Waals surface area contributed by atoms with E-state index < -0.39 is 18.5 Å². The third-order valence-electron chi connectivity index (χ3n) is 1.90. The van der Waals surface area contributed by atoms with E-state index in [0.29, 0.717) is 4.47 Å². The van der Waals surface area contributed by atoms with Crippen LogP contribution in [0, 0.1) is 12.3 Å². The molecule has 0 aliphatic heterocycles. The fraction of sp³-hybridized carbons (Fsp3) is 0.167. The van der Waals surface area contributed by atoms with Gasteiger partial charge in [0.25, 0.3) is 5.91 Å². The van der Waals surface area contributed by atoms with Gasteiger partial charge >= 0.3 is 5.97 Å². The molecule has 0 spiro atoms. The summed E-state index contributed by atoms with van der Waals surface area (Å²) in [5, 5.41) is 11.8. The van der Waals surface area contributed by atoms with Crippen LogP contribution in [0.25, 0.3) is 0 Å². The molecule has 1 aromatic carbocycles. The second-order valence-electron chi connectivity index (χ2n) is 3.22. The van der Waals surface area contributed by atoms with Crippen LogP contribution in [0.2, 0.25) is 0 Å². The number of terminal acetylenes is 1. The van der Waals surface area contributed by atoms with Gasteiger partial charge in [-0.3, -0.25) is 4.79 Å². The molecule has 94 valence electrons. The number of benzene rings is 1. The highest BCUT2D eigenvalue weighted by Crippen LogP contribution is 2.22. The molecule has 0 aliphatic carbocycles. The summed E-state index contributed by atoms with van der Waals surface area (Å²) in [7, 11) is 0. The molecule has 0 fully saturated rings. The number of hydrogen-bond acceptors (Lipinski definition) is 4. The Morgan fingerprint density at radius 2 is 2.22 bits per heavy atom. The number of esters is 1. The molecule has 0 radical (unpaired) electrons. The zero-order chi connectivity index (χ0) is 13.5. The Balaban J connectivity index is 2.58. The molecule has 0 aromatic heterocycles. The van der Waals surface area contributed by atoms with E-state index in [9.17, 15) is 14.7 Å². The summed E-state index contributed by atoms with van der Waals surface area (Å²) < 4.78 is 5.34. The lowest BCUT2D eigenvalue weighted by Crippen LogP contribution is -2.29. The third-order valence-corrected chi connectivity index (χ3v) is 2.39. The van der Waals surface area contributed by atoms with Crippen molar-refractivity contribution in [1.82, 2.24) is 5.32 Å².